The van der Waals surface area contributed by atoms with Crippen molar-refractivity contribution in [2.24, 2.45) is 0 Å². The van der Waals surface area contributed by atoms with E-state index in [4.69, 9.17) is 16.6 Å². The fourth-order valence-corrected chi connectivity index (χ4v) is 3.85. The van der Waals surface area contributed by atoms with Crippen molar-refractivity contribution in [1.29, 1.82) is 0 Å². The van der Waals surface area contributed by atoms with Crippen molar-refractivity contribution < 1.29 is 0 Å². The SMILES string of the molecule is Clc1nc(C2CCC2)nc2scc(C3CC3)c12. The molecule has 0 aliphatic heterocycles. The third-order valence-corrected chi connectivity index (χ3v) is 5.09. The zero-order chi connectivity index (χ0) is 11.4. The van der Waals surface area contributed by atoms with Crippen LogP contribution in [0.4, 0.5) is 0 Å². The van der Waals surface area contributed by atoms with E-state index in [9.17, 15) is 0 Å². The lowest BCUT2D eigenvalue weighted by atomic mass is 9.85. The van der Waals surface area contributed by atoms with Gasteiger partial charge in [-0.05, 0) is 42.5 Å². The molecule has 2 aliphatic rings. The van der Waals surface area contributed by atoms with Crippen LogP contribution >= 0.6 is 22.9 Å². The highest BCUT2D eigenvalue weighted by molar-refractivity contribution is 7.17. The molecule has 2 nitrogen and oxygen atoms in total. The minimum atomic E-state index is 0.559. The van der Waals surface area contributed by atoms with Gasteiger partial charge in [0.1, 0.15) is 15.8 Å². The Kier molecular flexibility index (Phi) is 2.21. The van der Waals surface area contributed by atoms with Crippen molar-refractivity contribution in [3.05, 3.63) is 21.9 Å². The van der Waals surface area contributed by atoms with E-state index in [2.05, 4.69) is 10.4 Å². The molecule has 0 radical (unpaired) electrons. The van der Waals surface area contributed by atoms with Gasteiger partial charge in [-0.3, -0.25) is 0 Å². The van der Waals surface area contributed by atoms with Crippen LogP contribution in [0.5, 0.6) is 0 Å². The second-order valence-electron chi connectivity index (χ2n) is 5.15. The smallest absolute Gasteiger partial charge is 0.141 e. The minimum Gasteiger partial charge on any atom is -0.222 e. The van der Waals surface area contributed by atoms with E-state index in [1.165, 1.54) is 37.7 Å². The second-order valence-corrected chi connectivity index (χ2v) is 6.36. The van der Waals surface area contributed by atoms with Gasteiger partial charge >= 0.3 is 0 Å². The maximum Gasteiger partial charge on any atom is 0.141 e. The van der Waals surface area contributed by atoms with Gasteiger partial charge in [-0.2, -0.15) is 0 Å². The van der Waals surface area contributed by atoms with Crippen LogP contribution in [0, 0.1) is 0 Å². The molecule has 4 rings (SSSR count). The van der Waals surface area contributed by atoms with E-state index >= 15 is 0 Å². The first-order valence-corrected chi connectivity index (χ1v) is 7.53. The lowest BCUT2D eigenvalue weighted by molar-refractivity contribution is 0.402. The van der Waals surface area contributed by atoms with Crippen LogP contribution in [0.1, 0.15) is 55.3 Å². The minimum absolute atomic E-state index is 0.559. The molecule has 0 aromatic carbocycles. The molecule has 2 heterocycles. The summed E-state index contributed by atoms with van der Waals surface area (Å²) < 4.78 is 0. The Labute approximate surface area is 109 Å². The summed E-state index contributed by atoms with van der Waals surface area (Å²) in [6.07, 6.45) is 6.35. The monoisotopic (exact) mass is 264 g/mol. The van der Waals surface area contributed by atoms with Gasteiger partial charge < -0.3 is 0 Å². The number of nitrogens with zero attached hydrogens (tertiary/aromatic N) is 2. The van der Waals surface area contributed by atoms with Crippen LogP contribution < -0.4 is 0 Å². The summed E-state index contributed by atoms with van der Waals surface area (Å²) in [4.78, 5) is 10.3. The topological polar surface area (TPSA) is 25.8 Å². The van der Waals surface area contributed by atoms with E-state index < -0.39 is 0 Å². The van der Waals surface area contributed by atoms with Gasteiger partial charge in [0.15, 0.2) is 0 Å². The zero-order valence-corrected chi connectivity index (χ0v) is 11.0. The fourth-order valence-electron chi connectivity index (χ4n) is 2.48. The highest BCUT2D eigenvalue weighted by Gasteiger charge is 2.29. The molecule has 2 saturated carbocycles. The number of halogens is 1. The molecule has 0 bridgehead atoms. The van der Waals surface area contributed by atoms with Crippen molar-refractivity contribution in [2.75, 3.05) is 0 Å². The molecule has 88 valence electrons. The molecule has 0 atom stereocenters. The molecule has 0 unspecified atom stereocenters. The number of hydrogen-bond acceptors (Lipinski definition) is 3. The standard InChI is InChI=1S/C13H13ClN2S/c14-11-10-9(7-4-5-7)6-17-13(10)16-12(15-11)8-2-1-3-8/h6-8H,1-5H2. The van der Waals surface area contributed by atoms with E-state index in [1.54, 1.807) is 11.3 Å². The van der Waals surface area contributed by atoms with Gasteiger partial charge in [0.25, 0.3) is 0 Å². The van der Waals surface area contributed by atoms with E-state index in [0.717, 1.165) is 22.0 Å². The molecule has 0 saturated heterocycles. The highest BCUT2D eigenvalue weighted by Crippen LogP contribution is 2.47. The average Bonchev–Trinajstić information content (AvgIpc) is 2.97. The molecule has 0 amide bonds. The average molecular weight is 265 g/mol. The lowest BCUT2D eigenvalue weighted by Crippen LogP contribution is -2.12. The normalized spacial score (nSPS) is 20.8. The Morgan fingerprint density at radius 2 is 1.94 bits per heavy atom. The Bertz CT molecular complexity index is 584. The largest absolute Gasteiger partial charge is 0.222 e. The van der Waals surface area contributed by atoms with Crippen LogP contribution in [-0.2, 0) is 0 Å². The van der Waals surface area contributed by atoms with Gasteiger partial charge in [-0.1, -0.05) is 18.0 Å². The first-order chi connectivity index (χ1) is 8.33. The molecule has 2 aliphatic carbocycles. The summed E-state index contributed by atoms with van der Waals surface area (Å²) >= 11 is 8.09. The molecular weight excluding hydrogens is 252 g/mol. The number of hydrogen-bond donors (Lipinski definition) is 0. The molecule has 0 spiro atoms. The third-order valence-electron chi connectivity index (χ3n) is 3.92. The number of thiophene rings is 1. The van der Waals surface area contributed by atoms with Crippen LogP contribution in [0.3, 0.4) is 0 Å². The van der Waals surface area contributed by atoms with E-state index in [-0.39, 0.29) is 0 Å². The van der Waals surface area contributed by atoms with Gasteiger partial charge in [-0.25, -0.2) is 9.97 Å². The summed E-state index contributed by atoms with van der Waals surface area (Å²) in [6, 6.07) is 0. The Hall–Kier alpha value is -0.670. The van der Waals surface area contributed by atoms with Crippen molar-refractivity contribution in [3.8, 4) is 0 Å². The maximum atomic E-state index is 6.36. The maximum absolute atomic E-state index is 6.36. The van der Waals surface area contributed by atoms with Crippen LogP contribution in [0.2, 0.25) is 5.15 Å². The van der Waals surface area contributed by atoms with E-state index in [1.807, 2.05) is 0 Å². The predicted octanol–water partition coefficient (Wildman–Crippen LogP) is 4.49. The summed E-state index contributed by atoms with van der Waals surface area (Å²) in [5, 5.41) is 4.04. The Morgan fingerprint density at radius 1 is 1.12 bits per heavy atom. The molecule has 4 heteroatoms. The first kappa shape index (κ1) is 10.3. The van der Waals surface area contributed by atoms with Crippen molar-refractivity contribution in [3.63, 3.8) is 0 Å². The molecular formula is C13H13ClN2S. The summed E-state index contributed by atoms with van der Waals surface area (Å²) in [7, 11) is 0. The van der Waals surface area contributed by atoms with Gasteiger partial charge in [0, 0.05) is 5.92 Å². The third kappa shape index (κ3) is 1.59. The Morgan fingerprint density at radius 3 is 2.59 bits per heavy atom. The first-order valence-electron chi connectivity index (χ1n) is 6.27. The second kappa shape index (κ2) is 3.66. The molecule has 2 fully saturated rings. The van der Waals surface area contributed by atoms with Gasteiger partial charge in [0.2, 0.25) is 0 Å². The van der Waals surface area contributed by atoms with Gasteiger partial charge in [0.05, 0.1) is 5.39 Å². The number of rotatable bonds is 2. The Balaban J connectivity index is 1.87. The summed E-state index contributed by atoms with van der Waals surface area (Å²) in [5.74, 6) is 2.25. The van der Waals surface area contributed by atoms with E-state index in [0.29, 0.717) is 11.1 Å². The molecule has 2 aromatic rings. The fraction of sp³-hybridized carbons (Fsp3) is 0.538. The number of aromatic nitrogens is 2. The van der Waals surface area contributed by atoms with Crippen LogP contribution in [0.25, 0.3) is 10.2 Å². The van der Waals surface area contributed by atoms with Crippen molar-refractivity contribution >= 4 is 33.2 Å². The van der Waals surface area contributed by atoms with Crippen LogP contribution in [-0.4, -0.2) is 9.97 Å². The lowest BCUT2D eigenvalue weighted by Gasteiger charge is -2.23. The predicted molar refractivity (Wildman–Crippen MR) is 71.0 cm³/mol. The summed E-state index contributed by atoms with van der Waals surface area (Å²) in [5.41, 5.74) is 1.38. The number of fused-ring (bicyclic) bond motifs is 1. The molecule has 17 heavy (non-hydrogen) atoms. The molecule has 2 aromatic heterocycles. The van der Waals surface area contributed by atoms with Gasteiger partial charge in [-0.15, -0.1) is 11.3 Å². The quantitative estimate of drug-likeness (QED) is 0.747. The summed E-state index contributed by atoms with van der Waals surface area (Å²) in [6.45, 7) is 0. The zero-order valence-electron chi connectivity index (χ0n) is 9.45. The highest BCUT2D eigenvalue weighted by atomic mass is 35.5. The molecule has 0 N–H and O–H groups in total. The van der Waals surface area contributed by atoms with Crippen molar-refractivity contribution in [1.82, 2.24) is 9.97 Å². The van der Waals surface area contributed by atoms with Crippen LogP contribution in [0.15, 0.2) is 5.38 Å². The van der Waals surface area contributed by atoms with Crippen molar-refractivity contribution in [2.45, 2.75) is 43.9 Å².